The van der Waals surface area contributed by atoms with Gasteiger partial charge >= 0.3 is 0 Å². The molecule has 0 amide bonds. The molecule has 1 atom stereocenters. The summed E-state index contributed by atoms with van der Waals surface area (Å²) < 4.78 is 4.59. The Morgan fingerprint density at radius 3 is 2.85 bits per heavy atom. The summed E-state index contributed by atoms with van der Waals surface area (Å²) in [6, 6.07) is 0. The van der Waals surface area contributed by atoms with Gasteiger partial charge in [-0.05, 0) is 32.2 Å². The molecule has 0 radical (unpaired) electrons. The molecule has 0 spiro atoms. The average Bonchev–Trinajstić information content (AvgIpc) is 2.13. The predicted molar refractivity (Wildman–Crippen MR) is 58.8 cm³/mol. The smallest absolute Gasteiger partial charge is 0.0721 e. The van der Waals surface area contributed by atoms with E-state index in [1.807, 2.05) is 6.08 Å². The van der Waals surface area contributed by atoms with E-state index < -0.39 is 0 Å². The maximum absolute atomic E-state index is 9.41. The van der Waals surface area contributed by atoms with Gasteiger partial charge in [-0.15, -0.1) is 0 Å². The Balaban J connectivity index is 3.27. The predicted octanol–water partition coefficient (Wildman–Crippen LogP) is 2.74. The zero-order valence-corrected chi connectivity index (χ0v) is 9.17. The van der Waals surface area contributed by atoms with Crippen LogP contribution in [0.1, 0.15) is 39.0 Å². The minimum Gasteiger partial charge on any atom is -0.389 e. The van der Waals surface area contributed by atoms with Gasteiger partial charge in [0, 0.05) is 0 Å². The minimum atomic E-state index is -0.319. The van der Waals surface area contributed by atoms with Crippen molar-refractivity contribution in [2.24, 2.45) is 0 Å². The van der Waals surface area contributed by atoms with Gasteiger partial charge in [-0.25, -0.2) is 0 Å². The summed E-state index contributed by atoms with van der Waals surface area (Å²) in [6.45, 7) is 2.76. The van der Waals surface area contributed by atoms with Gasteiger partial charge in [-0.2, -0.15) is 0 Å². The first kappa shape index (κ1) is 13.0. The lowest BCUT2D eigenvalue weighted by Gasteiger charge is -2.03. The lowest BCUT2D eigenvalue weighted by molar-refractivity contribution is 0.199. The first-order valence-corrected chi connectivity index (χ1v) is 5.28. The van der Waals surface area contributed by atoms with E-state index in [2.05, 4.69) is 30.1 Å². The van der Waals surface area contributed by atoms with Crippen LogP contribution >= 0.6 is 12.9 Å². The van der Waals surface area contributed by atoms with Gasteiger partial charge in [0.2, 0.25) is 0 Å². The number of rotatable bonds is 8. The topological polar surface area (TPSA) is 29.5 Å². The molecule has 0 fully saturated rings. The molecular weight excluding hydrogens is 184 g/mol. The SMILES string of the molecule is CCCC/C=C/C(O)CCCOS. The second kappa shape index (κ2) is 10.1. The van der Waals surface area contributed by atoms with Gasteiger partial charge in [0.15, 0.2) is 0 Å². The molecule has 0 aromatic heterocycles. The van der Waals surface area contributed by atoms with Gasteiger partial charge < -0.3 is 9.29 Å². The third-order valence-electron chi connectivity index (χ3n) is 1.82. The highest BCUT2D eigenvalue weighted by atomic mass is 32.1. The van der Waals surface area contributed by atoms with E-state index in [4.69, 9.17) is 0 Å². The molecule has 0 aromatic carbocycles. The van der Waals surface area contributed by atoms with E-state index in [0.717, 1.165) is 19.3 Å². The van der Waals surface area contributed by atoms with Crippen LogP contribution in [0.2, 0.25) is 0 Å². The zero-order chi connectivity index (χ0) is 9.94. The van der Waals surface area contributed by atoms with Crippen molar-refractivity contribution < 1.29 is 9.29 Å². The van der Waals surface area contributed by atoms with E-state index in [1.165, 1.54) is 12.8 Å². The molecule has 78 valence electrons. The summed E-state index contributed by atoms with van der Waals surface area (Å²) in [5, 5.41) is 9.41. The monoisotopic (exact) mass is 204 g/mol. The van der Waals surface area contributed by atoms with Crippen molar-refractivity contribution in [1.82, 2.24) is 0 Å². The molecule has 2 nitrogen and oxygen atoms in total. The lowest BCUT2D eigenvalue weighted by atomic mass is 10.1. The maximum Gasteiger partial charge on any atom is 0.0721 e. The van der Waals surface area contributed by atoms with Crippen LogP contribution in [0.4, 0.5) is 0 Å². The summed E-state index contributed by atoms with van der Waals surface area (Å²) in [5.74, 6) is 0. The maximum atomic E-state index is 9.41. The van der Waals surface area contributed by atoms with Gasteiger partial charge in [-0.3, -0.25) is 0 Å². The van der Waals surface area contributed by atoms with Gasteiger partial charge in [0.25, 0.3) is 0 Å². The van der Waals surface area contributed by atoms with Crippen molar-refractivity contribution >= 4 is 12.9 Å². The first-order chi connectivity index (χ1) is 6.31. The highest BCUT2D eigenvalue weighted by Gasteiger charge is 1.97. The van der Waals surface area contributed by atoms with E-state index in [9.17, 15) is 5.11 Å². The third kappa shape index (κ3) is 9.93. The Morgan fingerprint density at radius 1 is 1.46 bits per heavy atom. The van der Waals surface area contributed by atoms with Crippen LogP contribution < -0.4 is 0 Å². The minimum absolute atomic E-state index is 0.319. The van der Waals surface area contributed by atoms with Crippen LogP contribution in [-0.2, 0) is 4.18 Å². The molecule has 0 aromatic rings. The number of thiol groups is 1. The molecule has 1 unspecified atom stereocenters. The standard InChI is InChI=1S/C10H20O2S/c1-2-3-4-5-7-10(11)8-6-9-12-13/h5,7,10-11,13H,2-4,6,8-9H2,1H3/b7-5+. The summed E-state index contributed by atoms with van der Waals surface area (Å²) in [7, 11) is 0. The number of hydrogen-bond donors (Lipinski definition) is 2. The van der Waals surface area contributed by atoms with Gasteiger partial charge in [-0.1, -0.05) is 31.9 Å². The number of unbranched alkanes of at least 4 members (excludes halogenated alkanes) is 2. The summed E-state index contributed by atoms with van der Waals surface area (Å²) >= 11 is 3.62. The van der Waals surface area contributed by atoms with Crippen molar-refractivity contribution in [2.75, 3.05) is 6.61 Å². The van der Waals surface area contributed by atoms with Crippen molar-refractivity contribution in [3.8, 4) is 0 Å². The molecule has 13 heavy (non-hydrogen) atoms. The molecule has 0 heterocycles. The largest absolute Gasteiger partial charge is 0.389 e. The Labute approximate surface area is 86.6 Å². The molecular formula is C10H20O2S. The van der Waals surface area contributed by atoms with E-state index in [-0.39, 0.29) is 6.10 Å². The molecule has 0 rings (SSSR count). The molecule has 0 aliphatic carbocycles. The van der Waals surface area contributed by atoms with Crippen molar-refractivity contribution in [2.45, 2.75) is 45.1 Å². The van der Waals surface area contributed by atoms with Crippen LogP contribution in [0.15, 0.2) is 12.2 Å². The summed E-state index contributed by atoms with van der Waals surface area (Å²) in [4.78, 5) is 0. The highest BCUT2D eigenvalue weighted by Crippen LogP contribution is 2.02. The van der Waals surface area contributed by atoms with E-state index in [0.29, 0.717) is 6.61 Å². The summed E-state index contributed by atoms with van der Waals surface area (Å²) in [6.07, 6.45) is 8.67. The number of aliphatic hydroxyl groups is 1. The second-order valence-electron chi connectivity index (χ2n) is 3.11. The number of allylic oxidation sites excluding steroid dienone is 1. The van der Waals surface area contributed by atoms with Crippen LogP contribution in [0.3, 0.4) is 0 Å². The Bertz CT molecular complexity index is 126. The quantitative estimate of drug-likeness (QED) is 0.275. The molecule has 0 aliphatic heterocycles. The zero-order valence-electron chi connectivity index (χ0n) is 8.28. The van der Waals surface area contributed by atoms with Crippen LogP contribution in [0, 0.1) is 0 Å². The van der Waals surface area contributed by atoms with Crippen LogP contribution in [-0.4, -0.2) is 17.8 Å². The number of hydrogen-bond acceptors (Lipinski definition) is 3. The van der Waals surface area contributed by atoms with Crippen molar-refractivity contribution in [1.29, 1.82) is 0 Å². The highest BCUT2D eigenvalue weighted by molar-refractivity contribution is 7.75. The Kier molecular flexibility index (Phi) is 10.1. The van der Waals surface area contributed by atoms with Crippen molar-refractivity contribution in [3.05, 3.63) is 12.2 Å². The number of aliphatic hydroxyl groups excluding tert-OH is 1. The third-order valence-corrected chi connectivity index (χ3v) is 2.00. The molecule has 0 saturated heterocycles. The molecule has 3 heteroatoms. The second-order valence-corrected chi connectivity index (χ2v) is 3.37. The molecule has 0 saturated carbocycles. The lowest BCUT2D eigenvalue weighted by Crippen LogP contribution is -2.02. The van der Waals surface area contributed by atoms with Crippen molar-refractivity contribution in [3.63, 3.8) is 0 Å². The van der Waals surface area contributed by atoms with Crippen LogP contribution in [0.25, 0.3) is 0 Å². The van der Waals surface area contributed by atoms with Gasteiger partial charge in [0.05, 0.1) is 12.7 Å². The fourth-order valence-corrected chi connectivity index (χ4v) is 1.16. The van der Waals surface area contributed by atoms with E-state index in [1.54, 1.807) is 0 Å². The first-order valence-electron chi connectivity index (χ1n) is 4.92. The fraction of sp³-hybridized carbons (Fsp3) is 0.800. The van der Waals surface area contributed by atoms with E-state index >= 15 is 0 Å². The fourth-order valence-electron chi connectivity index (χ4n) is 1.03. The average molecular weight is 204 g/mol. The normalized spacial score (nSPS) is 13.8. The molecule has 0 aliphatic rings. The Morgan fingerprint density at radius 2 is 2.23 bits per heavy atom. The van der Waals surface area contributed by atoms with Crippen LogP contribution in [0.5, 0.6) is 0 Å². The Hall–Kier alpha value is 0.0100. The summed E-state index contributed by atoms with van der Waals surface area (Å²) in [5.41, 5.74) is 0. The van der Waals surface area contributed by atoms with Gasteiger partial charge in [0.1, 0.15) is 0 Å². The molecule has 1 N–H and O–H groups in total. The molecule has 0 bridgehead atoms.